The fourth-order valence-corrected chi connectivity index (χ4v) is 6.97. The van der Waals surface area contributed by atoms with Gasteiger partial charge in [-0.2, -0.15) is 13.1 Å². The van der Waals surface area contributed by atoms with Crippen LogP contribution in [0.5, 0.6) is 0 Å². The lowest BCUT2D eigenvalue weighted by molar-refractivity contribution is -0.121. The highest BCUT2D eigenvalue weighted by molar-refractivity contribution is 7.89. The number of carbonyl (C=O) groups excluding carboxylic acids is 1. The quantitative estimate of drug-likeness (QED) is 0.471. The molecule has 0 spiro atoms. The second-order valence-electron chi connectivity index (χ2n) is 7.70. The number of amides is 1. The number of rotatable bonds is 3. The summed E-state index contributed by atoms with van der Waals surface area (Å²) in [5.74, 6) is 0.361. The first-order valence-electron chi connectivity index (χ1n) is 10.1. The van der Waals surface area contributed by atoms with E-state index >= 15 is 0 Å². The SMILES string of the molecule is O=C(C1CCCN1S(=O)(=O)c1cccc2nsnc12)N1CCn2c1nc1ccccc12. The van der Waals surface area contributed by atoms with E-state index in [2.05, 4.69) is 13.7 Å². The average Bonchev–Trinajstić information content (AvgIpc) is 3.56. The highest BCUT2D eigenvalue weighted by atomic mass is 32.2. The summed E-state index contributed by atoms with van der Waals surface area (Å²) < 4.78 is 38.7. The highest BCUT2D eigenvalue weighted by Gasteiger charge is 2.44. The van der Waals surface area contributed by atoms with Gasteiger partial charge >= 0.3 is 0 Å². The van der Waals surface area contributed by atoms with Crippen molar-refractivity contribution in [1.82, 2.24) is 22.6 Å². The molecule has 0 aliphatic carbocycles. The van der Waals surface area contributed by atoms with Crippen molar-refractivity contribution in [2.75, 3.05) is 18.0 Å². The summed E-state index contributed by atoms with van der Waals surface area (Å²) in [6, 6.07) is 11.9. The lowest BCUT2D eigenvalue weighted by Crippen LogP contribution is -2.47. The van der Waals surface area contributed by atoms with Crippen LogP contribution in [-0.2, 0) is 21.4 Å². The van der Waals surface area contributed by atoms with E-state index in [1.807, 2.05) is 28.8 Å². The Bertz CT molecular complexity index is 1440. The number of hydrogen-bond acceptors (Lipinski definition) is 7. The zero-order valence-electron chi connectivity index (χ0n) is 16.4. The highest BCUT2D eigenvalue weighted by Crippen LogP contribution is 2.33. The van der Waals surface area contributed by atoms with Crippen molar-refractivity contribution < 1.29 is 13.2 Å². The summed E-state index contributed by atoms with van der Waals surface area (Å²) in [5, 5.41) is 0. The molecule has 2 aromatic carbocycles. The number of carbonyl (C=O) groups is 1. The molecule has 1 unspecified atom stereocenters. The smallest absolute Gasteiger partial charge is 0.247 e. The molecule has 6 rings (SSSR count). The van der Waals surface area contributed by atoms with Gasteiger partial charge in [-0.05, 0) is 37.1 Å². The Morgan fingerprint density at radius 2 is 1.84 bits per heavy atom. The molecule has 31 heavy (non-hydrogen) atoms. The summed E-state index contributed by atoms with van der Waals surface area (Å²) in [6.45, 7) is 1.43. The summed E-state index contributed by atoms with van der Waals surface area (Å²) in [4.78, 5) is 19.9. The first-order chi connectivity index (χ1) is 15.1. The molecule has 0 N–H and O–H groups in total. The third-order valence-corrected chi connectivity index (χ3v) is 8.50. The molecule has 9 nitrogen and oxygen atoms in total. The van der Waals surface area contributed by atoms with Crippen LogP contribution in [0.3, 0.4) is 0 Å². The molecule has 1 amide bonds. The average molecular weight is 455 g/mol. The number of fused-ring (bicyclic) bond motifs is 4. The molecule has 158 valence electrons. The fourth-order valence-electron chi connectivity index (χ4n) is 4.57. The van der Waals surface area contributed by atoms with Crippen molar-refractivity contribution in [3.63, 3.8) is 0 Å². The predicted octanol–water partition coefficient (Wildman–Crippen LogP) is 2.24. The number of nitrogens with zero attached hydrogens (tertiary/aromatic N) is 6. The van der Waals surface area contributed by atoms with E-state index in [-0.39, 0.29) is 10.8 Å². The van der Waals surface area contributed by atoms with Crippen LogP contribution in [0.2, 0.25) is 0 Å². The van der Waals surface area contributed by atoms with E-state index in [0.717, 1.165) is 22.8 Å². The lowest BCUT2D eigenvalue weighted by atomic mass is 10.2. The Balaban J connectivity index is 1.37. The standard InChI is InChI=1S/C20H18N6O3S2/c27-19(25-12-11-24-15-7-2-1-5-13(15)21-20(24)25)16-8-4-10-26(16)31(28,29)17-9-3-6-14-18(17)23-30-22-14/h1-3,5-7,9,16H,4,8,10-12H2. The third kappa shape index (κ3) is 2.73. The molecule has 4 heterocycles. The van der Waals surface area contributed by atoms with Gasteiger partial charge in [0.05, 0.1) is 22.8 Å². The number of sulfonamides is 1. The van der Waals surface area contributed by atoms with Crippen molar-refractivity contribution in [1.29, 1.82) is 0 Å². The molecule has 0 bridgehead atoms. The number of hydrogen-bond donors (Lipinski definition) is 0. The lowest BCUT2D eigenvalue weighted by Gasteiger charge is -2.26. The molecule has 1 fully saturated rings. The molecule has 4 aromatic rings. The van der Waals surface area contributed by atoms with Gasteiger partial charge in [-0.25, -0.2) is 13.4 Å². The zero-order valence-corrected chi connectivity index (χ0v) is 18.0. The van der Waals surface area contributed by atoms with Gasteiger partial charge in [-0.15, -0.1) is 0 Å². The maximum Gasteiger partial charge on any atom is 0.247 e. The summed E-state index contributed by atoms with van der Waals surface area (Å²) in [7, 11) is -3.90. The molecular formula is C20H18N6O3S2. The molecular weight excluding hydrogens is 436 g/mol. The maximum absolute atomic E-state index is 13.5. The van der Waals surface area contributed by atoms with Gasteiger partial charge in [-0.3, -0.25) is 9.69 Å². The van der Waals surface area contributed by atoms with Gasteiger partial charge in [0.15, 0.2) is 0 Å². The monoisotopic (exact) mass is 454 g/mol. The van der Waals surface area contributed by atoms with Crippen LogP contribution in [0.4, 0.5) is 5.95 Å². The van der Waals surface area contributed by atoms with Crippen molar-refractivity contribution in [2.45, 2.75) is 30.3 Å². The van der Waals surface area contributed by atoms with Crippen molar-refractivity contribution in [3.8, 4) is 0 Å². The van der Waals surface area contributed by atoms with Gasteiger partial charge in [0.2, 0.25) is 21.9 Å². The Morgan fingerprint density at radius 3 is 2.74 bits per heavy atom. The van der Waals surface area contributed by atoms with E-state index in [0.29, 0.717) is 49.5 Å². The predicted molar refractivity (Wildman–Crippen MR) is 116 cm³/mol. The number of aromatic nitrogens is 4. The molecule has 0 saturated carbocycles. The Kier molecular flexibility index (Phi) is 4.14. The van der Waals surface area contributed by atoms with Crippen LogP contribution < -0.4 is 4.90 Å². The Hall–Kier alpha value is -2.89. The van der Waals surface area contributed by atoms with Gasteiger partial charge in [0.1, 0.15) is 22.0 Å². The van der Waals surface area contributed by atoms with Crippen LogP contribution >= 0.6 is 11.7 Å². The number of para-hydroxylation sites is 2. The van der Waals surface area contributed by atoms with Crippen LogP contribution in [0.25, 0.3) is 22.1 Å². The topological polar surface area (TPSA) is 101 Å². The minimum Gasteiger partial charge on any atom is -0.308 e. The minimum absolute atomic E-state index is 0.104. The molecule has 0 radical (unpaired) electrons. The van der Waals surface area contributed by atoms with Crippen LogP contribution in [0.1, 0.15) is 12.8 Å². The largest absolute Gasteiger partial charge is 0.308 e. The van der Waals surface area contributed by atoms with E-state index < -0.39 is 16.1 Å². The molecule has 1 atom stereocenters. The second-order valence-corrected chi connectivity index (χ2v) is 10.1. The van der Waals surface area contributed by atoms with Gasteiger partial charge in [0.25, 0.3) is 0 Å². The first kappa shape index (κ1) is 18.8. The minimum atomic E-state index is -3.90. The van der Waals surface area contributed by atoms with Crippen LogP contribution in [-0.4, -0.2) is 56.1 Å². The van der Waals surface area contributed by atoms with Crippen molar-refractivity contribution in [2.24, 2.45) is 0 Å². The zero-order chi connectivity index (χ0) is 21.2. The summed E-state index contributed by atoms with van der Waals surface area (Å²) in [6.07, 6.45) is 1.12. The van der Waals surface area contributed by atoms with Crippen molar-refractivity contribution >= 4 is 55.7 Å². The molecule has 2 aliphatic heterocycles. The van der Waals surface area contributed by atoms with Crippen molar-refractivity contribution in [3.05, 3.63) is 42.5 Å². The van der Waals surface area contributed by atoms with Crippen LogP contribution in [0.15, 0.2) is 47.4 Å². The normalized spacial score (nSPS) is 19.5. The first-order valence-corrected chi connectivity index (χ1v) is 12.2. The molecule has 2 aliphatic rings. The Labute approximate surface area is 182 Å². The maximum atomic E-state index is 13.5. The molecule has 2 aromatic heterocycles. The Morgan fingerprint density at radius 1 is 1.00 bits per heavy atom. The van der Waals surface area contributed by atoms with Crippen LogP contribution in [0, 0.1) is 0 Å². The second kappa shape index (κ2) is 6.81. The van der Waals surface area contributed by atoms with Gasteiger partial charge in [-0.1, -0.05) is 18.2 Å². The van der Waals surface area contributed by atoms with E-state index in [4.69, 9.17) is 0 Å². The van der Waals surface area contributed by atoms with Gasteiger partial charge in [0, 0.05) is 19.6 Å². The number of benzene rings is 2. The molecule has 1 saturated heterocycles. The number of imidazole rings is 1. The van der Waals surface area contributed by atoms with E-state index in [1.165, 1.54) is 10.4 Å². The molecule has 11 heteroatoms. The summed E-state index contributed by atoms with van der Waals surface area (Å²) in [5.41, 5.74) is 2.70. The van der Waals surface area contributed by atoms with E-state index in [1.54, 1.807) is 17.0 Å². The van der Waals surface area contributed by atoms with Gasteiger partial charge < -0.3 is 4.57 Å². The number of anilines is 1. The summed E-state index contributed by atoms with van der Waals surface area (Å²) >= 11 is 0.978. The van der Waals surface area contributed by atoms with E-state index in [9.17, 15) is 13.2 Å². The third-order valence-electron chi connectivity index (χ3n) is 6.01. The fraction of sp³-hybridized carbons (Fsp3) is 0.300.